The van der Waals surface area contributed by atoms with Gasteiger partial charge in [-0.2, -0.15) is 0 Å². The monoisotopic (exact) mass is 340 g/mol. The molecule has 1 atom stereocenters. The van der Waals surface area contributed by atoms with Gasteiger partial charge in [0, 0.05) is 10.2 Å². The molecule has 2 rings (SSSR count). The smallest absolute Gasteiger partial charge is 0.245 e. The number of ether oxygens (including phenoxy) is 1. The van der Waals surface area contributed by atoms with E-state index in [1.165, 1.54) is 11.3 Å². The average molecular weight is 341 g/mol. The minimum atomic E-state index is -0.553. The third kappa shape index (κ3) is 3.27. The van der Waals surface area contributed by atoms with Crippen molar-refractivity contribution >= 4 is 38.9 Å². The van der Waals surface area contributed by atoms with Crippen molar-refractivity contribution in [2.24, 2.45) is 5.73 Å². The first-order chi connectivity index (χ1) is 9.11. The summed E-state index contributed by atoms with van der Waals surface area (Å²) in [5.41, 5.74) is 6.27. The molecule has 4 nitrogen and oxygen atoms in total. The van der Waals surface area contributed by atoms with Crippen molar-refractivity contribution in [3.8, 4) is 5.75 Å². The van der Waals surface area contributed by atoms with Crippen LogP contribution in [0.1, 0.15) is 10.9 Å². The Labute approximate surface area is 123 Å². The van der Waals surface area contributed by atoms with Gasteiger partial charge in [0.05, 0.1) is 12.0 Å². The zero-order valence-corrected chi connectivity index (χ0v) is 12.6. The average Bonchev–Trinajstić information content (AvgIpc) is 2.82. The normalized spacial score (nSPS) is 11.9. The Bertz CT molecular complexity index is 568. The maximum Gasteiger partial charge on any atom is 0.245 e. The van der Waals surface area contributed by atoms with Crippen LogP contribution in [-0.2, 0) is 4.79 Å². The number of methoxy groups -OCH3 is 1. The van der Waals surface area contributed by atoms with Crippen LogP contribution in [-0.4, -0.2) is 13.0 Å². The highest BCUT2D eigenvalue weighted by molar-refractivity contribution is 9.10. The standard InChI is InChI=1S/C13H13BrN2O2S/c1-18-9-4-2-8(3-5-9)16-11(13(15)17)12-10(14)6-7-19-12/h2-7,11,16H,1H3,(H2,15,17). The molecule has 0 aliphatic heterocycles. The van der Waals surface area contributed by atoms with E-state index in [1.807, 2.05) is 35.7 Å². The number of thiophene rings is 1. The molecular formula is C13H13BrN2O2S. The molecule has 6 heteroatoms. The number of rotatable bonds is 5. The fraction of sp³-hybridized carbons (Fsp3) is 0.154. The molecule has 1 amide bonds. The summed E-state index contributed by atoms with van der Waals surface area (Å²) in [6, 6.07) is 8.68. The summed E-state index contributed by atoms with van der Waals surface area (Å²) >= 11 is 4.89. The molecule has 1 aromatic heterocycles. The lowest BCUT2D eigenvalue weighted by atomic mass is 10.2. The van der Waals surface area contributed by atoms with Crippen molar-refractivity contribution in [1.82, 2.24) is 0 Å². The lowest BCUT2D eigenvalue weighted by Gasteiger charge is -2.16. The largest absolute Gasteiger partial charge is 0.497 e. The number of carbonyl (C=O) groups is 1. The van der Waals surface area contributed by atoms with E-state index in [9.17, 15) is 4.79 Å². The second-order valence-corrected chi connectivity index (χ2v) is 5.64. The lowest BCUT2D eigenvalue weighted by Crippen LogP contribution is -2.27. The summed E-state index contributed by atoms with van der Waals surface area (Å²) in [5, 5.41) is 5.03. The van der Waals surface area contributed by atoms with E-state index in [-0.39, 0.29) is 0 Å². The molecule has 0 radical (unpaired) electrons. The lowest BCUT2D eigenvalue weighted by molar-refractivity contribution is -0.118. The van der Waals surface area contributed by atoms with Gasteiger partial charge in [-0.25, -0.2) is 0 Å². The van der Waals surface area contributed by atoms with Crippen LogP contribution in [0.25, 0.3) is 0 Å². The van der Waals surface area contributed by atoms with Crippen molar-refractivity contribution < 1.29 is 9.53 Å². The van der Waals surface area contributed by atoms with Crippen LogP contribution < -0.4 is 15.8 Å². The molecule has 0 bridgehead atoms. The van der Waals surface area contributed by atoms with Crippen LogP contribution in [0.15, 0.2) is 40.2 Å². The minimum absolute atomic E-state index is 0.418. The molecule has 2 aromatic rings. The van der Waals surface area contributed by atoms with Crippen molar-refractivity contribution in [3.05, 3.63) is 45.1 Å². The maximum atomic E-state index is 11.6. The van der Waals surface area contributed by atoms with E-state index >= 15 is 0 Å². The topological polar surface area (TPSA) is 64.3 Å². The molecule has 1 heterocycles. The van der Waals surface area contributed by atoms with Crippen LogP contribution in [0.2, 0.25) is 0 Å². The zero-order valence-electron chi connectivity index (χ0n) is 10.2. The maximum absolute atomic E-state index is 11.6. The summed E-state index contributed by atoms with van der Waals surface area (Å²) in [5.74, 6) is 0.345. The second-order valence-electron chi connectivity index (χ2n) is 3.84. The van der Waals surface area contributed by atoms with Gasteiger partial charge in [0.1, 0.15) is 11.8 Å². The van der Waals surface area contributed by atoms with Gasteiger partial charge in [0.25, 0.3) is 0 Å². The first kappa shape index (κ1) is 13.9. The molecule has 3 N–H and O–H groups in total. The highest BCUT2D eigenvalue weighted by atomic mass is 79.9. The van der Waals surface area contributed by atoms with Crippen LogP contribution >= 0.6 is 27.3 Å². The highest BCUT2D eigenvalue weighted by Crippen LogP contribution is 2.31. The number of halogens is 1. The first-order valence-electron chi connectivity index (χ1n) is 5.54. The zero-order chi connectivity index (χ0) is 13.8. The Kier molecular flexibility index (Phi) is 4.44. The number of primary amides is 1. The van der Waals surface area contributed by atoms with Gasteiger partial charge in [-0.05, 0) is 51.6 Å². The molecule has 1 unspecified atom stereocenters. The summed E-state index contributed by atoms with van der Waals surface area (Å²) in [6.07, 6.45) is 0. The van der Waals surface area contributed by atoms with Crippen molar-refractivity contribution in [3.63, 3.8) is 0 Å². The fourth-order valence-electron chi connectivity index (χ4n) is 1.63. The van der Waals surface area contributed by atoms with E-state index in [0.29, 0.717) is 0 Å². The number of anilines is 1. The van der Waals surface area contributed by atoms with Gasteiger partial charge in [-0.15, -0.1) is 11.3 Å². The van der Waals surface area contributed by atoms with E-state index in [2.05, 4.69) is 21.2 Å². The molecule has 0 aliphatic rings. The fourth-order valence-corrected chi connectivity index (χ4v) is 3.29. The summed E-state index contributed by atoms with van der Waals surface area (Å²) < 4.78 is 5.97. The van der Waals surface area contributed by atoms with Crippen LogP contribution in [0.4, 0.5) is 5.69 Å². The minimum Gasteiger partial charge on any atom is -0.497 e. The summed E-state index contributed by atoms with van der Waals surface area (Å²) in [4.78, 5) is 12.5. The molecule has 0 spiro atoms. The second kappa shape index (κ2) is 6.08. The highest BCUT2D eigenvalue weighted by Gasteiger charge is 2.21. The van der Waals surface area contributed by atoms with Crippen molar-refractivity contribution in [1.29, 1.82) is 0 Å². The van der Waals surface area contributed by atoms with E-state index in [1.54, 1.807) is 7.11 Å². The number of carbonyl (C=O) groups excluding carboxylic acids is 1. The molecule has 0 fully saturated rings. The van der Waals surface area contributed by atoms with Crippen molar-refractivity contribution in [2.45, 2.75) is 6.04 Å². The molecule has 0 saturated heterocycles. The Hall–Kier alpha value is -1.53. The van der Waals surface area contributed by atoms with Crippen LogP contribution in [0.3, 0.4) is 0 Å². The molecule has 0 aliphatic carbocycles. The summed E-state index contributed by atoms with van der Waals surface area (Å²) in [6.45, 7) is 0. The molecular weight excluding hydrogens is 328 g/mol. The third-order valence-corrected chi connectivity index (χ3v) is 4.53. The number of hydrogen-bond donors (Lipinski definition) is 2. The Morgan fingerprint density at radius 1 is 1.37 bits per heavy atom. The number of nitrogens with two attached hydrogens (primary N) is 1. The Morgan fingerprint density at radius 3 is 2.53 bits per heavy atom. The van der Waals surface area contributed by atoms with E-state index in [4.69, 9.17) is 10.5 Å². The van der Waals surface area contributed by atoms with Gasteiger partial charge in [0.15, 0.2) is 0 Å². The quantitative estimate of drug-likeness (QED) is 0.878. The van der Waals surface area contributed by atoms with E-state index in [0.717, 1.165) is 20.8 Å². The predicted octanol–water partition coefficient (Wildman–Crippen LogP) is 3.16. The van der Waals surface area contributed by atoms with Gasteiger partial charge >= 0.3 is 0 Å². The summed E-state index contributed by atoms with van der Waals surface area (Å²) in [7, 11) is 1.61. The first-order valence-corrected chi connectivity index (χ1v) is 7.22. The van der Waals surface area contributed by atoms with Crippen molar-refractivity contribution in [2.75, 3.05) is 12.4 Å². The number of hydrogen-bond acceptors (Lipinski definition) is 4. The molecule has 1 aromatic carbocycles. The molecule has 100 valence electrons. The van der Waals surface area contributed by atoms with Crippen LogP contribution in [0, 0.1) is 0 Å². The Balaban J connectivity index is 2.21. The number of benzene rings is 1. The van der Waals surface area contributed by atoms with Gasteiger partial charge in [0.2, 0.25) is 5.91 Å². The number of amides is 1. The third-order valence-electron chi connectivity index (χ3n) is 2.59. The molecule has 19 heavy (non-hydrogen) atoms. The van der Waals surface area contributed by atoms with Gasteiger partial charge < -0.3 is 15.8 Å². The molecule has 0 saturated carbocycles. The van der Waals surface area contributed by atoms with Crippen LogP contribution in [0.5, 0.6) is 5.75 Å². The SMILES string of the molecule is COc1ccc(NC(C(N)=O)c2sccc2Br)cc1. The predicted molar refractivity (Wildman–Crippen MR) is 80.6 cm³/mol. The van der Waals surface area contributed by atoms with Gasteiger partial charge in [-0.1, -0.05) is 0 Å². The Morgan fingerprint density at radius 2 is 2.05 bits per heavy atom. The van der Waals surface area contributed by atoms with Gasteiger partial charge in [-0.3, -0.25) is 4.79 Å². The van der Waals surface area contributed by atoms with E-state index < -0.39 is 11.9 Å². The number of nitrogens with one attached hydrogen (secondary N) is 1.